The van der Waals surface area contributed by atoms with Gasteiger partial charge in [0.25, 0.3) is 5.91 Å². The van der Waals surface area contributed by atoms with Crippen LogP contribution in [0.25, 0.3) is 0 Å². The first kappa shape index (κ1) is 24.7. The maximum Gasteiger partial charge on any atom is 0.490 e. The SMILES string of the molecule is Cc1oncc1C(=O)N1Cc2ncn(C)c2C(COCC2CCCC2)C1.O=C(O)C(F)(F)F. The second kappa shape index (κ2) is 10.4. The van der Waals surface area contributed by atoms with Crippen molar-refractivity contribution in [1.82, 2.24) is 19.6 Å². The van der Waals surface area contributed by atoms with Crippen molar-refractivity contribution in [2.75, 3.05) is 19.8 Å². The number of fused-ring (bicyclic) bond motifs is 1. The molecule has 9 nitrogen and oxygen atoms in total. The predicted octanol–water partition coefficient (Wildman–Crippen LogP) is 3.30. The quantitative estimate of drug-likeness (QED) is 0.711. The number of halogens is 3. The first-order valence-corrected chi connectivity index (χ1v) is 10.7. The largest absolute Gasteiger partial charge is 0.490 e. The molecule has 1 unspecified atom stereocenters. The molecular weight excluding hydrogens is 445 g/mol. The van der Waals surface area contributed by atoms with Gasteiger partial charge >= 0.3 is 12.1 Å². The highest BCUT2D eigenvalue weighted by Gasteiger charge is 2.38. The summed E-state index contributed by atoms with van der Waals surface area (Å²) in [6, 6.07) is 0. The average molecular weight is 472 g/mol. The summed E-state index contributed by atoms with van der Waals surface area (Å²) < 4.78 is 44.9. The number of carboxylic acids is 1. The Balaban J connectivity index is 0.000000383. The van der Waals surface area contributed by atoms with Crippen LogP contribution >= 0.6 is 0 Å². The van der Waals surface area contributed by atoms with Crippen LogP contribution in [-0.2, 0) is 23.1 Å². The van der Waals surface area contributed by atoms with E-state index in [9.17, 15) is 18.0 Å². The molecule has 1 aliphatic carbocycles. The van der Waals surface area contributed by atoms with E-state index >= 15 is 0 Å². The van der Waals surface area contributed by atoms with E-state index in [2.05, 4.69) is 14.7 Å². The minimum Gasteiger partial charge on any atom is -0.475 e. The molecule has 0 bridgehead atoms. The second-order valence-corrected chi connectivity index (χ2v) is 8.36. The highest BCUT2D eigenvalue weighted by Crippen LogP contribution is 2.30. The number of aromatic nitrogens is 3. The van der Waals surface area contributed by atoms with Crippen molar-refractivity contribution in [1.29, 1.82) is 0 Å². The normalized spacial score (nSPS) is 18.6. The van der Waals surface area contributed by atoms with Gasteiger partial charge in [-0.3, -0.25) is 4.79 Å². The van der Waals surface area contributed by atoms with Gasteiger partial charge in [0.2, 0.25) is 0 Å². The molecule has 2 aromatic heterocycles. The number of amides is 1. The number of imidazole rings is 1. The molecular formula is C21H27F3N4O5. The minimum atomic E-state index is -5.08. The first-order chi connectivity index (χ1) is 15.6. The lowest BCUT2D eigenvalue weighted by atomic mass is 9.98. The van der Waals surface area contributed by atoms with Crippen molar-refractivity contribution in [3.8, 4) is 0 Å². The van der Waals surface area contributed by atoms with Crippen molar-refractivity contribution in [2.24, 2.45) is 13.0 Å². The van der Waals surface area contributed by atoms with Gasteiger partial charge in [-0.1, -0.05) is 18.0 Å². The predicted molar refractivity (Wildman–Crippen MR) is 108 cm³/mol. The van der Waals surface area contributed by atoms with Gasteiger partial charge in [-0.15, -0.1) is 0 Å². The molecule has 0 aromatic carbocycles. The zero-order chi connectivity index (χ0) is 24.2. The molecule has 3 heterocycles. The number of carboxylic acid groups (broad SMARTS) is 1. The Labute approximate surface area is 188 Å². The summed E-state index contributed by atoms with van der Waals surface area (Å²) >= 11 is 0. The Morgan fingerprint density at radius 3 is 2.52 bits per heavy atom. The molecule has 0 spiro atoms. The summed E-state index contributed by atoms with van der Waals surface area (Å²) in [7, 11) is 2.01. The standard InChI is InChI=1S/C19H26N4O3.C2HF3O2/c1-13-16(7-21-26-13)19(24)23-8-15(11-25-10-14-5-3-4-6-14)18-17(9-23)20-12-22(18)2;3-2(4,5)1(6)7/h7,12,14-15H,3-6,8-11H2,1-2H3;(H,6,7). The Hall–Kier alpha value is -2.89. The molecule has 1 atom stereocenters. The van der Waals surface area contributed by atoms with Crippen LogP contribution in [0.4, 0.5) is 13.2 Å². The smallest absolute Gasteiger partial charge is 0.475 e. The van der Waals surface area contributed by atoms with E-state index in [1.165, 1.54) is 37.6 Å². The molecule has 33 heavy (non-hydrogen) atoms. The summed E-state index contributed by atoms with van der Waals surface area (Å²) in [6.07, 6.45) is 3.44. The number of ether oxygens (including phenoxy) is 1. The van der Waals surface area contributed by atoms with Gasteiger partial charge in [0.15, 0.2) is 0 Å². The molecule has 0 saturated heterocycles. The number of alkyl halides is 3. The van der Waals surface area contributed by atoms with E-state index in [0.29, 0.717) is 36.9 Å². The van der Waals surface area contributed by atoms with Crippen molar-refractivity contribution in [3.63, 3.8) is 0 Å². The van der Waals surface area contributed by atoms with E-state index in [4.69, 9.17) is 19.2 Å². The summed E-state index contributed by atoms with van der Waals surface area (Å²) in [6.45, 7) is 4.34. The van der Waals surface area contributed by atoms with Crippen LogP contribution in [0.15, 0.2) is 17.0 Å². The highest BCUT2D eigenvalue weighted by atomic mass is 19.4. The molecule has 1 N–H and O–H groups in total. The summed E-state index contributed by atoms with van der Waals surface area (Å²) in [5, 5.41) is 10.9. The highest BCUT2D eigenvalue weighted by molar-refractivity contribution is 5.94. The molecule has 2 aromatic rings. The van der Waals surface area contributed by atoms with Crippen LogP contribution in [0.3, 0.4) is 0 Å². The molecule has 2 aliphatic rings. The lowest BCUT2D eigenvalue weighted by molar-refractivity contribution is -0.192. The Morgan fingerprint density at radius 2 is 1.94 bits per heavy atom. The van der Waals surface area contributed by atoms with Crippen molar-refractivity contribution >= 4 is 11.9 Å². The Kier molecular flexibility index (Phi) is 7.77. The number of carbonyl (C=O) groups is 2. The van der Waals surface area contributed by atoms with Gasteiger partial charge < -0.3 is 23.8 Å². The van der Waals surface area contributed by atoms with E-state index in [1.54, 1.807) is 6.92 Å². The van der Waals surface area contributed by atoms with Gasteiger partial charge in [0.05, 0.1) is 31.4 Å². The number of hydrogen-bond donors (Lipinski definition) is 1. The summed E-state index contributed by atoms with van der Waals surface area (Å²) in [5.74, 6) is -1.43. The van der Waals surface area contributed by atoms with Crippen molar-refractivity contribution in [2.45, 2.75) is 51.2 Å². The van der Waals surface area contributed by atoms with Crippen LogP contribution in [-0.4, -0.2) is 62.5 Å². The Bertz CT molecular complexity index is 966. The van der Waals surface area contributed by atoms with Gasteiger partial charge in [0, 0.05) is 31.8 Å². The Morgan fingerprint density at radius 1 is 1.27 bits per heavy atom. The molecule has 182 valence electrons. The van der Waals surface area contributed by atoms with E-state index in [1.807, 2.05) is 18.3 Å². The van der Waals surface area contributed by atoms with Crippen molar-refractivity contribution in [3.05, 3.63) is 35.2 Å². The molecule has 12 heteroatoms. The van der Waals surface area contributed by atoms with E-state index in [-0.39, 0.29) is 11.8 Å². The first-order valence-electron chi connectivity index (χ1n) is 10.7. The number of rotatable bonds is 5. The second-order valence-electron chi connectivity index (χ2n) is 8.36. The third-order valence-corrected chi connectivity index (χ3v) is 5.89. The van der Waals surface area contributed by atoms with E-state index in [0.717, 1.165) is 12.3 Å². The van der Waals surface area contributed by atoms with Crippen LogP contribution < -0.4 is 0 Å². The monoisotopic (exact) mass is 472 g/mol. The van der Waals surface area contributed by atoms with Gasteiger partial charge in [-0.25, -0.2) is 9.78 Å². The molecule has 1 saturated carbocycles. The van der Waals surface area contributed by atoms with Gasteiger partial charge in [0.1, 0.15) is 11.3 Å². The van der Waals surface area contributed by atoms with Crippen LogP contribution in [0.5, 0.6) is 0 Å². The molecule has 1 fully saturated rings. The topological polar surface area (TPSA) is 111 Å². The van der Waals surface area contributed by atoms with Crippen molar-refractivity contribution < 1.29 is 37.1 Å². The number of aliphatic carboxylic acids is 1. The van der Waals surface area contributed by atoms with Gasteiger partial charge in [-0.2, -0.15) is 13.2 Å². The average Bonchev–Trinajstić information content (AvgIpc) is 3.49. The minimum absolute atomic E-state index is 0.0548. The maximum absolute atomic E-state index is 12.9. The van der Waals surface area contributed by atoms with Crippen LogP contribution in [0.2, 0.25) is 0 Å². The lowest BCUT2D eigenvalue weighted by Crippen LogP contribution is -2.40. The van der Waals surface area contributed by atoms with E-state index < -0.39 is 12.1 Å². The fraction of sp³-hybridized carbons (Fsp3) is 0.619. The van der Waals surface area contributed by atoms with Crippen LogP contribution in [0.1, 0.15) is 59.1 Å². The number of aryl methyl sites for hydroxylation is 2. The molecule has 1 amide bonds. The molecule has 1 aliphatic heterocycles. The zero-order valence-corrected chi connectivity index (χ0v) is 18.5. The zero-order valence-electron chi connectivity index (χ0n) is 18.5. The molecule has 4 rings (SSSR count). The van der Waals surface area contributed by atoms with Crippen LogP contribution in [0, 0.1) is 12.8 Å². The number of nitrogens with zero attached hydrogens (tertiary/aromatic N) is 4. The van der Waals surface area contributed by atoms with Gasteiger partial charge in [-0.05, 0) is 25.7 Å². The third-order valence-electron chi connectivity index (χ3n) is 5.89. The molecule has 0 radical (unpaired) electrons. The fourth-order valence-corrected chi connectivity index (χ4v) is 4.25. The maximum atomic E-state index is 12.9. The lowest BCUT2D eigenvalue weighted by Gasteiger charge is -2.33. The fourth-order valence-electron chi connectivity index (χ4n) is 4.25. The summed E-state index contributed by atoms with van der Waals surface area (Å²) in [4.78, 5) is 28.1. The number of carbonyl (C=O) groups excluding carboxylic acids is 1. The summed E-state index contributed by atoms with van der Waals surface area (Å²) in [5.41, 5.74) is 2.66. The third kappa shape index (κ3) is 6.12. The number of hydrogen-bond acceptors (Lipinski definition) is 6.